The summed E-state index contributed by atoms with van der Waals surface area (Å²) in [4.78, 5) is 11.7. The summed E-state index contributed by atoms with van der Waals surface area (Å²) in [6.45, 7) is 8.31. The van der Waals surface area contributed by atoms with Gasteiger partial charge in [-0.3, -0.25) is 4.79 Å². The highest BCUT2D eigenvalue weighted by atomic mass is 16.4. The molecule has 4 heteroatoms. The third kappa shape index (κ3) is 3.38. The summed E-state index contributed by atoms with van der Waals surface area (Å²) < 4.78 is 5.45. The minimum absolute atomic E-state index is 0.138. The van der Waals surface area contributed by atoms with Gasteiger partial charge in [0.25, 0.3) is 5.91 Å². The monoisotopic (exact) mass is 224 g/mol. The molecule has 0 bridgehead atoms. The van der Waals surface area contributed by atoms with E-state index in [2.05, 4.69) is 10.6 Å². The number of likely N-dealkylation sites (N-methyl/N-ethyl adjacent to an activating group) is 1. The van der Waals surface area contributed by atoms with Gasteiger partial charge in [-0.1, -0.05) is 13.8 Å². The Kier molecular flexibility index (Phi) is 5.05. The van der Waals surface area contributed by atoms with Crippen LogP contribution in [0.3, 0.4) is 0 Å². The average molecular weight is 224 g/mol. The zero-order valence-corrected chi connectivity index (χ0v) is 10.2. The second-order valence-corrected chi connectivity index (χ2v) is 3.68. The lowest BCUT2D eigenvalue weighted by molar-refractivity contribution is 0.0924. The molecule has 90 valence electrons. The molecule has 0 saturated carbocycles. The smallest absolute Gasteiger partial charge is 0.287 e. The van der Waals surface area contributed by atoms with Crippen molar-refractivity contribution in [2.24, 2.45) is 0 Å². The summed E-state index contributed by atoms with van der Waals surface area (Å²) in [5, 5.41) is 5.94. The van der Waals surface area contributed by atoms with Crippen LogP contribution < -0.4 is 10.6 Å². The quantitative estimate of drug-likeness (QED) is 0.720. The van der Waals surface area contributed by atoms with E-state index in [4.69, 9.17) is 4.42 Å². The molecule has 0 saturated heterocycles. The lowest BCUT2D eigenvalue weighted by Gasteiger charge is -2.03. The number of rotatable bonds is 6. The lowest BCUT2D eigenvalue weighted by atomic mass is 10.2. The Labute approximate surface area is 96.4 Å². The fourth-order valence-corrected chi connectivity index (χ4v) is 1.51. The minimum Gasteiger partial charge on any atom is -0.456 e. The topological polar surface area (TPSA) is 54.3 Å². The molecule has 0 atom stereocenters. The molecule has 0 spiro atoms. The first kappa shape index (κ1) is 12.8. The van der Waals surface area contributed by atoms with E-state index in [1.54, 1.807) is 6.07 Å². The average Bonchev–Trinajstić information content (AvgIpc) is 2.66. The molecule has 4 nitrogen and oxygen atoms in total. The molecule has 1 aromatic heterocycles. The van der Waals surface area contributed by atoms with Crippen molar-refractivity contribution in [1.29, 1.82) is 0 Å². The molecule has 0 aromatic carbocycles. The zero-order chi connectivity index (χ0) is 12.0. The Morgan fingerprint density at radius 3 is 2.69 bits per heavy atom. The molecule has 1 heterocycles. The summed E-state index contributed by atoms with van der Waals surface area (Å²) >= 11 is 0. The van der Waals surface area contributed by atoms with Gasteiger partial charge in [-0.15, -0.1) is 0 Å². The van der Waals surface area contributed by atoms with E-state index in [1.165, 1.54) is 0 Å². The van der Waals surface area contributed by atoms with Crippen LogP contribution in [-0.4, -0.2) is 25.5 Å². The maximum Gasteiger partial charge on any atom is 0.287 e. The number of hydrogen-bond donors (Lipinski definition) is 2. The molecule has 2 N–H and O–H groups in total. The molecule has 0 aliphatic rings. The molecular formula is C12H20N2O2. The third-order valence-corrected chi connectivity index (χ3v) is 2.40. The highest BCUT2D eigenvalue weighted by Crippen LogP contribution is 2.14. The molecule has 0 aliphatic heterocycles. The highest BCUT2D eigenvalue weighted by Gasteiger charge is 2.12. The minimum atomic E-state index is -0.138. The molecule has 0 radical (unpaired) electrons. The van der Waals surface area contributed by atoms with Gasteiger partial charge >= 0.3 is 0 Å². The largest absolute Gasteiger partial charge is 0.456 e. The first-order valence-electron chi connectivity index (χ1n) is 5.77. The predicted octanol–water partition coefficient (Wildman–Crippen LogP) is 1.49. The van der Waals surface area contributed by atoms with Crippen molar-refractivity contribution >= 4 is 5.91 Å². The number of carbonyl (C=O) groups is 1. The number of nitrogens with one attached hydrogen (secondary N) is 2. The van der Waals surface area contributed by atoms with Gasteiger partial charge in [0, 0.05) is 19.5 Å². The number of furan rings is 1. The number of hydrogen-bond acceptors (Lipinski definition) is 3. The molecular weight excluding hydrogens is 204 g/mol. The van der Waals surface area contributed by atoms with E-state index in [1.807, 2.05) is 20.8 Å². The summed E-state index contributed by atoms with van der Waals surface area (Å²) in [6.07, 6.45) is 0.816. The second-order valence-electron chi connectivity index (χ2n) is 3.68. The Morgan fingerprint density at radius 1 is 1.38 bits per heavy atom. The van der Waals surface area contributed by atoms with Crippen LogP contribution in [-0.2, 0) is 6.42 Å². The zero-order valence-electron chi connectivity index (χ0n) is 10.2. The molecule has 1 amide bonds. The number of aryl methyl sites for hydroxylation is 2. The van der Waals surface area contributed by atoms with Crippen molar-refractivity contribution in [2.45, 2.75) is 27.2 Å². The highest BCUT2D eigenvalue weighted by molar-refractivity contribution is 5.91. The van der Waals surface area contributed by atoms with Crippen molar-refractivity contribution in [3.63, 3.8) is 0 Å². The fraction of sp³-hybridized carbons (Fsp3) is 0.583. The van der Waals surface area contributed by atoms with Crippen LogP contribution in [0, 0.1) is 6.92 Å². The van der Waals surface area contributed by atoms with Crippen LogP contribution in [0.15, 0.2) is 10.5 Å². The van der Waals surface area contributed by atoms with Gasteiger partial charge in [-0.25, -0.2) is 0 Å². The SMILES string of the molecule is CCNCCNC(=O)c1cc(C)c(CC)o1. The molecule has 16 heavy (non-hydrogen) atoms. The predicted molar refractivity (Wildman–Crippen MR) is 63.7 cm³/mol. The van der Waals surface area contributed by atoms with Gasteiger partial charge in [-0.2, -0.15) is 0 Å². The molecule has 1 aromatic rings. The Bertz CT molecular complexity index is 345. The van der Waals surface area contributed by atoms with Crippen molar-refractivity contribution in [2.75, 3.05) is 19.6 Å². The first-order chi connectivity index (χ1) is 7.69. The van der Waals surface area contributed by atoms with Crippen LogP contribution in [0.25, 0.3) is 0 Å². The summed E-state index contributed by atoms with van der Waals surface area (Å²) in [5.41, 5.74) is 1.04. The van der Waals surface area contributed by atoms with Crippen molar-refractivity contribution in [3.8, 4) is 0 Å². The van der Waals surface area contributed by atoms with Gasteiger partial charge in [-0.05, 0) is 25.1 Å². The van der Waals surface area contributed by atoms with Crippen LogP contribution in [0.5, 0.6) is 0 Å². The number of carbonyl (C=O) groups excluding carboxylic acids is 1. The molecule has 1 rings (SSSR count). The molecule has 0 aliphatic carbocycles. The third-order valence-electron chi connectivity index (χ3n) is 2.40. The van der Waals surface area contributed by atoms with Gasteiger partial charge in [0.05, 0.1) is 0 Å². The van der Waals surface area contributed by atoms with E-state index in [9.17, 15) is 4.79 Å². The maximum absolute atomic E-state index is 11.7. The molecule has 0 unspecified atom stereocenters. The Balaban J connectivity index is 2.46. The standard InChI is InChI=1S/C12H20N2O2/c1-4-10-9(3)8-11(16-10)12(15)14-7-6-13-5-2/h8,13H,4-7H2,1-3H3,(H,14,15). The summed E-state index contributed by atoms with van der Waals surface area (Å²) in [7, 11) is 0. The summed E-state index contributed by atoms with van der Waals surface area (Å²) in [6, 6.07) is 1.79. The normalized spacial score (nSPS) is 10.4. The van der Waals surface area contributed by atoms with Crippen LogP contribution in [0.2, 0.25) is 0 Å². The van der Waals surface area contributed by atoms with Crippen LogP contribution >= 0.6 is 0 Å². The molecule has 0 fully saturated rings. The van der Waals surface area contributed by atoms with E-state index in [0.717, 1.165) is 30.8 Å². The summed E-state index contributed by atoms with van der Waals surface area (Å²) in [5.74, 6) is 1.16. The van der Waals surface area contributed by atoms with Crippen molar-refractivity contribution in [3.05, 3.63) is 23.2 Å². The fourth-order valence-electron chi connectivity index (χ4n) is 1.51. The van der Waals surface area contributed by atoms with E-state index >= 15 is 0 Å². The van der Waals surface area contributed by atoms with Gasteiger partial charge in [0.1, 0.15) is 5.76 Å². The van der Waals surface area contributed by atoms with Crippen molar-refractivity contribution < 1.29 is 9.21 Å². The maximum atomic E-state index is 11.7. The van der Waals surface area contributed by atoms with E-state index < -0.39 is 0 Å². The van der Waals surface area contributed by atoms with Crippen LogP contribution in [0.1, 0.15) is 35.7 Å². The van der Waals surface area contributed by atoms with E-state index in [0.29, 0.717) is 12.3 Å². The Morgan fingerprint density at radius 2 is 2.12 bits per heavy atom. The number of amides is 1. The van der Waals surface area contributed by atoms with Gasteiger partial charge in [0.2, 0.25) is 0 Å². The first-order valence-corrected chi connectivity index (χ1v) is 5.77. The van der Waals surface area contributed by atoms with E-state index in [-0.39, 0.29) is 5.91 Å². The lowest BCUT2D eigenvalue weighted by Crippen LogP contribution is -2.31. The van der Waals surface area contributed by atoms with Crippen molar-refractivity contribution in [1.82, 2.24) is 10.6 Å². The van der Waals surface area contributed by atoms with Gasteiger partial charge < -0.3 is 15.1 Å². The Hall–Kier alpha value is -1.29. The van der Waals surface area contributed by atoms with Crippen LogP contribution in [0.4, 0.5) is 0 Å². The van der Waals surface area contributed by atoms with Gasteiger partial charge in [0.15, 0.2) is 5.76 Å². The second kappa shape index (κ2) is 6.33.